The lowest BCUT2D eigenvalue weighted by Crippen LogP contribution is -2.33. The van der Waals surface area contributed by atoms with Crippen LogP contribution < -0.4 is 5.73 Å². The molecule has 1 aliphatic rings. The lowest BCUT2D eigenvalue weighted by Gasteiger charge is -2.33. The zero-order valence-electron chi connectivity index (χ0n) is 13.4. The third-order valence-corrected chi connectivity index (χ3v) is 4.21. The summed E-state index contributed by atoms with van der Waals surface area (Å²) in [6, 6.07) is 4.08. The SMILES string of the molecule is COCCc1noc(C2CCCCN2Cc2cccnc2N)n1. The van der Waals surface area contributed by atoms with Gasteiger partial charge in [0, 0.05) is 31.8 Å². The summed E-state index contributed by atoms with van der Waals surface area (Å²) in [7, 11) is 1.67. The molecule has 7 nitrogen and oxygen atoms in total. The van der Waals surface area contributed by atoms with E-state index in [2.05, 4.69) is 20.0 Å². The van der Waals surface area contributed by atoms with Crippen LogP contribution in [0.1, 0.15) is 42.6 Å². The van der Waals surface area contributed by atoms with Gasteiger partial charge in [-0.3, -0.25) is 4.90 Å². The van der Waals surface area contributed by atoms with Crippen LogP contribution in [-0.2, 0) is 17.7 Å². The number of nitrogens with zero attached hydrogens (tertiary/aromatic N) is 4. The van der Waals surface area contributed by atoms with E-state index in [1.54, 1.807) is 13.3 Å². The average molecular weight is 317 g/mol. The van der Waals surface area contributed by atoms with Crippen molar-refractivity contribution in [3.05, 3.63) is 35.6 Å². The molecule has 1 unspecified atom stereocenters. The average Bonchev–Trinajstić information content (AvgIpc) is 3.04. The smallest absolute Gasteiger partial charge is 0.244 e. The first kappa shape index (κ1) is 15.9. The van der Waals surface area contributed by atoms with Gasteiger partial charge in [0.1, 0.15) is 5.82 Å². The maximum absolute atomic E-state index is 5.98. The van der Waals surface area contributed by atoms with Gasteiger partial charge in [0.2, 0.25) is 5.89 Å². The Morgan fingerprint density at radius 3 is 3.17 bits per heavy atom. The first-order chi connectivity index (χ1) is 11.3. The van der Waals surface area contributed by atoms with Crippen molar-refractivity contribution in [1.82, 2.24) is 20.0 Å². The highest BCUT2D eigenvalue weighted by Crippen LogP contribution is 2.31. The number of aromatic nitrogens is 3. The molecule has 0 radical (unpaired) electrons. The number of hydrogen-bond donors (Lipinski definition) is 1. The van der Waals surface area contributed by atoms with E-state index in [0.717, 1.165) is 25.1 Å². The zero-order valence-corrected chi connectivity index (χ0v) is 13.4. The van der Waals surface area contributed by atoms with E-state index in [1.807, 2.05) is 12.1 Å². The molecule has 0 bridgehead atoms. The van der Waals surface area contributed by atoms with Crippen LogP contribution in [0.4, 0.5) is 5.82 Å². The number of nitrogen functional groups attached to an aromatic ring is 1. The predicted octanol–water partition coefficient (Wildman–Crippen LogP) is 1.96. The van der Waals surface area contributed by atoms with Crippen LogP contribution >= 0.6 is 0 Å². The number of anilines is 1. The van der Waals surface area contributed by atoms with E-state index in [-0.39, 0.29) is 6.04 Å². The molecule has 7 heteroatoms. The Hall–Kier alpha value is -1.99. The Balaban J connectivity index is 1.73. The van der Waals surface area contributed by atoms with Crippen LogP contribution in [0.25, 0.3) is 0 Å². The molecule has 2 aromatic rings. The van der Waals surface area contributed by atoms with Gasteiger partial charge in [-0.05, 0) is 25.5 Å². The normalized spacial score (nSPS) is 19.1. The van der Waals surface area contributed by atoms with E-state index >= 15 is 0 Å². The van der Waals surface area contributed by atoms with Gasteiger partial charge < -0.3 is 15.0 Å². The number of piperidine rings is 1. The Labute approximate surface area is 135 Å². The largest absolute Gasteiger partial charge is 0.384 e. The molecule has 124 valence electrons. The Kier molecular flexibility index (Phi) is 5.19. The second kappa shape index (κ2) is 7.52. The third kappa shape index (κ3) is 3.86. The maximum Gasteiger partial charge on any atom is 0.244 e. The molecule has 0 saturated carbocycles. The fourth-order valence-corrected chi connectivity index (χ4v) is 2.96. The van der Waals surface area contributed by atoms with Gasteiger partial charge in [-0.25, -0.2) is 4.98 Å². The first-order valence-electron chi connectivity index (χ1n) is 8.02. The minimum atomic E-state index is 0.146. The van der Waals surface area contributed by atoms with E-state index in [4.69, 9.17) is 15.0 Å². The number of pyridine rings is 1. The molecule has 1 aliphatic heterocycles. The van der Waals surface area contributed by atoms with Gasteiger partial charge in [-0.15, -0.1) is 0 Å². The van der Waals surface area contributed by atoms with Crippen molar-refractivity contribution in [2.24, 2.45) is 0 Å². The summed E-state index contributed by atoms with van der Waals surface area (Å²) in [5.41, 5.74) is 7.02. The maximum atomic E-state index is 5.98. The van der Waals surface area contributed by atoms with Crippen molar-refractivity contribution in [2.75, 3.05) is 26.0 Å². The minimum Gasteiger partial charge on any atom is -0.384 e. The van der Waals surface area contributed by atoms with Crippen LogP contribution in [0.3, 0.4) is 0 Å². The molecule has 0 aromatic carbocycles. The Morgan fingerprint density at radius 2 is 2.35 bits per heavy atom. The number of rotatable bonds is 6. The molecule has 1 atom stereocenters. The summed E-state index contributed by atoms with van der Waals surface area (Å²) in [6.07, 6.45) is 5.74. The fraction of sp³-hybridized carbons (Fsp3) is 0.562. The Bertz CT molecular complexity index is 630. The van der Waals surface area contributed by atoms with E-state index in [1.165, 1.54) is 12.8 Å². The topological polar surface area (TPSA) is 90.3 Å². The Morgan fingerprint density at radius 1 is 1.43 bits per heavy atom. The number of ether oxygens (including phenoxy) is 1. The van der Waals surface area contributed by atoms with E-state index in [0.29, 0.717) is 30.6 Å². The number of nitrogens with two attached hydrogens (primary N) is 1. The van der Waals surface area contributed by atoms with Crippen molar-refractivity contribution in [3.8, 4) is 0 Å². The number of methoxy groups -OCH3 is 1. The van der Waals surface area contributed by atoms with Crippen LogP contribution in [0.15, 0.2) is 22.9 Å². The van der Waals surface area contributed by atoms with Crippen molar-refractivity contribution in [1.29, 1.82) is 0 Å². The minimum absolute atomic E-state index is 0.146. The van der Waals surface area contributed by atoms with Crippen LogP contribution in [0.2, 0.25) is 0 Å². The summed E-state index contributed by atoms with van der Waals surface area (Å²) < 4.78 is 10.6. The van der Waals surface area contributed by atoms with Gasteiger partial charge in [0.05, 0.1) is 12.6 Å². The summed E-state index contributed by atoms with van der Waals surface area (Å²) in [5.74, 6) is 1.98. The van der Waals surface area contributed by atoms with Crippen molar-refractivity contribution in [2.45, 2.75) is 38.3 Å². The first-order valence-corrected chi connectivity index (χ1v) is 8.02. The highest BCUT2D eigenvalue weighted by molar-refractivity contribution is 5.38. The van der Waals surface area contributed by atoms with Gasteiger partial charge in [0.25, 0.3) is 0 Å². The summed E-state index contributed by atoms with van der Waals surface area (Å²) >= 11 is 0. The van der Waals surface area contributed by atoms with Crippen molar-refractivity contribution in [3.63, 3.8) is 0 Å². The van der Waals surface area contributed by atoms with Gasteiger partial charge in [0.15, 0.2) is 5.82 Å². The highest BCUT2D eigenvalue weighted by atomic mass is 16.5. The summed E-state index contributed by atoms with van der Waals surface area (Å²) in [5, 5.41) is 4.06. The molecular weight excluding hydrogens is 294 g/mol. The summed E-state index contributed by atoms with van der Waals surface area (Å²) in [4.78, 5) is 11.1. The molecule has 3 heterocycles. The number of likely N-dealkylation sites (tertiary alicyclic amines) is 1. The van der Waals surface area contributed by atoms with Crippen LogP contribution in [-0.4, -0.2) is 40.3 Å². The zero-order chi connectivity index (χ0) is 16.1. The lowest BCUT2D eigenvalue weighted by molar-refractivity contribution is 0.111. The second-order valence-corrected chi connectivity index (χ2v) is 5.82. The quantitative estimate of drug-likeness (QED) is 0.871. The molecule has 1 saturated heterocycles. The number of hydrogen-bond acceptors (Lipinski definition) is 7. The van der Waals surface area contributed by atoms with E-state index < -0.39 is 0 Å². The standard InChI is InChI=1S/C16H23N5O2/c1-22-10-7-14-19-16(23-20-14)13-6-2-3-9-21(13)11-12-5-4-8-18-15(12)17/h4-5,8,13H,2-3,6-7,9-11H2,1H3,(H2,17,18). The third-order valence-electron chi connectivity index (χ3n) is 4.21. The van der Waals surface area contributed by atoms with Crippen molar-refractivity contribution < 1.29 is 9.26 Å². The van der Waals surface area contributed by atoms with Crippen LogP contribution in [0, 0.1) is 0 Å². The molecule has 2 aromatic heterocycles. The molecule has 0 aliphatic carbocycles. The second-order valence-electron chi connectivity index (χ2n) is 5.82. The van der Waals surface area contributed by atoms with Gasteiger partial charge in [-0.2, -0.15) is 4.98 Å². The predicted molar refractivity (Wildman–Crippen MR) is 85.5 cm³/mol. The van der Waals surface area contributed by atoms with Gasteiger partial charge >= 0.3 is 0 Å². The molecule has 0 amide bonds. The molecular formula is C16H23N5O2. The molecule has 0 spiro atoms. The molecule has 2 N–H and O–H groups in total. The molecule has 23 heavy (non-hydrogen) atoms. The highest BCUT2D eigenvalue weighted by Gasteiger charge is 2.29. The lowest BCUT2D eigenvalue weighted by atomic mass is 10.0. The molecule has 3 rings (SSSR count). The van der Waals surface area contributed by atoms with Gasteiger partial charge in [-0.1, -0.05) is 17.6 Å². The fourth-order valence-electron chi connectivity index (χ4n) is 2.96. The van der Waals surface area contributed by atoms with Crippen molar-refractivity contribution >= 4 is 5.82 Å². The van der Waals surface area contributed by atoms with E-state index in [9.17, 15) is 0 Å². The molecule has 1 fully saturated rings. The monoisotopic (exact) mass is 317 g/mol. The van der Waals surface area contributed by atoms with Crippen LogP contribution in [0.5, 0.6) is 0 Å². The summed E-state index contributed by atoms with van der Waals surface area (Å²) in [6.45, 7) is 2.34.